The zero-order valence-corrected chi connectivity index (χ0v) is 22.5. The van der Waals surface area contributed by atoms with E-state index in [1.807, 2.05) is 0 Å². The number of benzene rings is 1. The Morgan fingerprint density at radius 2 is 1.95 bits per heavy atom. The molecule has 1 amide bonds. The number of carbonyl (C=O) groups is 1. The number of carbonyl (C=O) groups excluding carboxylic acids is 1. The number of rotatable bonds is 8. The molecular weight excluding hydrogens is 511 g/mol. The van der Waals surface area contributed by atoms with Gasteiger partial charge in [-0.2, -0.15) is 10.2 Å². The summed E-state index contributed by atoms with van der Waals surface area (Å²) in [5.41, 5.74) is -1.44. The molecule has 0 aliphatic heterocycles. The van der Waals surface area contributed by atoms with Crippen molar-refractivity contribution in [3.05, 3.63) is 68.4 Å². The van der Waals surface area contributed by atoms with Gasteiger partial charge < -0.3 is 10.1 Å². The summed E-state index contributed by atoms with van der Waals surface area (Å²) in [6.07, 6.45) is 6.10. The summed E-state index contributed by atoms with van der Waals surface area (Å²) < 4.78 is 21.9. The lowest BCUT2D eigenvalue weighted by molar-refractivity contribution is -0.130. The number of aromatic nitrogens is 5. The SMILES string of the molecule is COc1ccc(F)cc1CCn1c(=O)n(C(C)(C)C(=O)NC2CCC2)c(=O)c2c(C)c(-n3nccn3)sc21. The Bertz CT molecular complexity index is 1630. The molecule has 1 saturated carbocycles. The number of methoxy groups -OCH3 is 1. The smallest absolute Gasteiger partial charge is 0.333 e. The van der Waals surface area contributed by atoms with Crippen LogP contribution in [0.3, 0.4) is 0 Å². The quantitative estimate of drug-likeness (QED) is 0.368. The molecule has 0 bridgehead atoms. The van der Waals surface area contributed by atoms with Gasteiger partial charge in [0, 0.05) is 18.2 Å². The van der Waals surface area contributed by atoms with E-state index in [1.54, 1.807) is 20.8 Å². The number of hydrogen-bond acceptors (Lipinski definition) is 7. The second kappa shape index (κ2) is 9.82. The van der Waals surface area contributed by atoms with Gasteiger partial charge in [-0.05, 0) is 70.2 Å². The molecule has 1 aromatic carbocycles. The Morgan fingerprint density at radius 1 is 1.24 bits per heavy atom. The second-order valence-electron chi connectivity index (χ2n) is 9.97. The number of hydrogen-bond donors (Lipinski definition) is 1. The molecule has 10 nitrogen and oxygen atoms in total. The van der Waals surface area contributed by atoms with Gasteiger partial charge in [-0.3, -0.25) is 14.2 Å². The van der Waals surface area contributed by atoms with Crippen LogP contribution in [0.1, 0.15) is 44.2 Å². The van der Waals surface area contributed by atoms with Crippen LogP contribution in [0.25, 0.3) is 15.2 Å². The van der Waals surface area contributed by atoms with Crippen LogP contribution >= 0.6 is 11.3 Å². The highest BCUT2D eigenvalue weighted by Crippen LogP contribution is 2.31. The first kappa shape index (κ1) is 25.8. The van der Waals surface area contributed by atoms with E-state index in [9.17, 15) is 18.8 Å². The van der Waals surface area contributed by atoms with Gasteiger partial charge in [0.05, 0.1) is 24.9 Å². The fourth-order valence-corrected chi connectivity index (χ4v) is 5.96. The first-order valence-corrected chi connectivity index (χ1v) is 13.2. The fourth-order valence-electron chi connectivity index (χ4n) is 4.73. The molecule has 0 spiro atoms. The molecule has 1 aliphatic rings. The van der Waals surface area contributed by atoms with Crippen molar-refractivity contribution in [3.63, 3.8) is 0 Å². The molecule has 1 N–H and O–H groups in total. The average molecular weight is 541 g/mol. The largest absolute Gasteiger partial charge is 0.496 e. The standard InChI is InChI=1S/C26H29FN6O4S/c1-15-20-21(34)32(26(2,3)24(35)30-18-6-5-7-18)25(36)31(23(20)38-22(15)33-28-11-12-29-33)13-10-16-14-17(27)8-9-19(16)37-4/h8-9,11-12,14,18H,5-7,10,13H2,1-4H3,(H,30,35). The van der Waals surface area contributed by atoms with Crippen LogP contribution in [0.4, 0.5) is 4.39 Å². The number of ether oxygens (including phenoxy) is 1. The topological polar surface area (TPSA) is 113 Å². The number of amides is 1. The van der Waals surface area contributed by atoms with Crippen molar-refractivity contribution in [2.24, 2.45) is 0 Å². The summed E-state index contributed by atoms with van der Waals surface area (Å²) >= 11 is 1.22. The lowest BCUT2D eigenvalue weighted by Crippen LogP contribution is -2.57. The molecule has 0 saturated heterocycles. The molecule has 0 radical (unpaired) electrons. The zero-order valence-electron chi connectivity index (χ0n) is 21.7. The highest BCUT2D eigenvalue weighted by Gasteiger charge is 2.37. The Hall–Kier alpha value is -3.80. The third-order valence-corrected chi connectivity index (χ3v) is 8.47. The molecule has 38 heavy (non-hydrogen) atoms. The van der Waals surface area contributed by atoms with E-state index in [0.29, 0.717) is 32.1 Å². The fraction of sp³-hybridized carbons (Fsp3) is 0.423. The molecule has 3 heterocycles. The number of nitrogens with one attached hydrogen (secondary N) is 1. The number of thiophene rings is 1. The molecule has 12 heteroatoms. The summed E-state index contributed by atoms with van der Waals surface area (Å²) in [6, 6.07) is 4.26. The van der Waals surface area contributed by atoms with E-state index < -0.39 is 22.6 Å². The molecule has 5 rings (SSSR count). The van der Waals surface area contributed by atoms with Crippen LogP contribution < -0.4 is 21.3 Å². The van der Waals surface area contributed by atoms with Gasteiger partial charge in [0.1, 0.15) is 26.9 Å². The van der Waals surface area contributed by atoms with E-state index in [-0.39, 0.29) is 24.9 Å². The highest BCUT2D eigenvalue weighted by atomic mass is 32.1. The highest BCUT2D eigenvalue weighted by molar-refractivity contribution is 7.21. The molecule has 3 aromatic heterocycles. The Balaban J connectivity index is 1.69. The van der Waals surface area contributed by atoms with Crippen molar-refractivity contribution in [3.8, 4) is 10.8 Å². The van der Waals surface area contributed by atoms with Crippen LogP contribution in [0.15, 0.2) is 40.2 Å². The normalized spacial score (nSPS) is 14.0. The first-order valence-electron chi connectivity index (χ1n) is 12.4. The number of nitrogens with zero attached hydrogens (tertiary/aromatic N) is 5. The maximum absolute atomic E-state index is 14.0. The molecule has 1 aliphatic carbocycles. The predicted octanol–water partition coefficient (Wildman–Crippen LogP) is 2.91. The summed E-state index contributed by atoms with van der Waals surface area (Å²) in [5, 5.41) is 12.3. The maximum atomic E-state index is 14.0. The Kier molecular flexibility index (Phi) is 6.68. The lowest BCUT2D eigenvalue weighted by Gasteiger charge is -2.32. The van der Waals surface area contributed by atoms with Crippen LogP contribution in [0.2, 0.25) is 0 Å². The number of aryl methyl sites for hydroxylation is 3. The minimum Gasteiger partial charge on any atom is -0.496 e. The summed E-state index contributed by atoms with van der Waals surface area (Å²) in [7, 11) is 1.50. The van der Waals surface area contributed by atoms with E-state index in [0.717, 1.165) is 23.8 Å². The molecule has 0 unspecified atom stereocenters. The number of fused-ring (bicyclic) bond motifs is 1. The minimum atomic E-state index is -1.45. The van der Waals surface area contributed by atoms with Gasteiger partial charge in [-0.1, -0.05) is 11.3 Å². The van der Waals surface area contributed by atoms with Crippen molar-refractivity contribution in [1.29, 1.82) is 0 Å². The van der Waals surface area contributed by atoms with Crippen molar-refractivity contribution < 1.29 is 13.9 Å². The van der Waals surface area contributed by atoms with E-state index >= 15 is 0 Å². The lowest BCUT2D eigenvalue weighted by atomic mass is 9.91. The van der Waals surface area contributed by atoms with Gasteiger partial charge in [-0.15, -0.1) is 4.80 Å². The van der Waals surface area contributed by atoms with Gasteiger partial charge in [0.15, 0.2) is 0 Å². The van der Waals surface area contributed by atoms with Crippen molar-refractivity contribution >= 4 is 27.5 Å². The van der Waals surface area contributed by atoms with Gasteiger partial charge in [-0.25, -0.2) is 13.8 Å². The van der Waals surface area contributed by atoms with E-state index in [2.05, 4.69) is 15.5 Å². The average Bonchev–Trinajstić information content (AvgIpc) is 3.49. The third kappa shape index (κ3) is 4.32. The summed E-state index contributed by atoms with van der Waals surface area (Å²) in [6.45, 7) is 5.05. The molecule has 0 atom stereocenters. The van der Waals surface area contributed by atoms with Crippen LogP contribution in [0.5, 0.6) is 5.75 Å². The van der Waals surface area contributed by atoms with Gasteiger partial charge >= 0.3 is 5.69 Å². The van der Waals surface area contributed by atoms with E-state index in [1.165, 1.54) is 58.4 Å². The van der Waals surface area contributed by atoms with Gasteiger partial charge in [0.25, 0.3) is 5.56 Å². The van der Waals surface area contributed by atoms with Crippen LogP contribution in [-0.2, 0) is 23.3 Å². The molecule has 4 aromatic rings. The van der Waals surface area contributed by atoms with Crippen LogP contribution in [0, 0.1) is 12.7 Å². The van der Waals surface area contributed by atoms with Crippen molar-refractivity contribution in [1.82, 2.24) is 29.4 Å². The summed E-state index contributed by atoms with van der Waals surface area (Å²) in [4.78, 5) is 43.0. The molecule has 200 valence electrons. The zero-order chi connectivity index (χ0) is 27.2. The number of halogens is 1. The van der Waals surface area contributed by atoms with E-state index in [4.69, 9.17) is 4.74 Å². The first-order chi connectivity index (χ1) is 18.1. The van der Waals surface area contributed by atoms with Gasteiger partial charge in [0.2, 0.25) is 5.91 Å². The maximum Gasteiger partial charge on any atom is 0.333 e. The minimum absolute atomic E-state index is 0.0456. The monoisotopic (exact) mass is 540 g/mol. The molecule has 1 fully saturated rings. The second-order valence-corrected chi connectivity index (χ2v) is 10.9. The van der Waals surface area contributed by atoms with Crippen LogP contribution in [-0.4, -0.2) is 43.2 Å². The summed E-state index contributed by atoms with van der Waals surface area (Å²) in [5.74, 6) is -0.315. The Morgan fingerprint density at radius 3 is 2.58 bits per heavy atom. The third-order valence-electron chi connectivity index (χ3n) is 7.19. The predicted molar refractivity (Wildman–Crippen MR) is 142 cm³/mol. The van der Waals surface area contributed by atoms with Crippen molar-refractivity contribution in [2.75, 3.05) is 7.11 Å². The Labute approximate surface area is 221 Å². The molecular formula is C26H29FN6O4S. The van der Waals surface area contributed by atoms with Crippen molar-refractivity contribution in [2.45, 2.75) is 64.6 Å².